The first kappa shape index (κ1) is 14.2. The second-order valence-corrected chi connectivity index (χ2v) is 6.73. The zero-order valence-electron chi connectivity index (χ0n) is 9.47. The van der Waals surface area contributed by atoms with Crippen LogP contribution in [0.1, 0.15) is 0 Å². The van der Waals surface area contributed by atoms with Gasteiger partial charge in [-0.3, -0.25) is 4.72 Å². The highest BCUT2D eigenvalue weighted by Gasteiger charge is 2.16. The second kappa shape index (κ2) is 5.40. The first-order chi connectivity index (χ1) is 8.88. The van der Waals surface area contributed by atoms with Crippen LogP contribution in [0.15, 0.2) is 51.8 Å². The lowest BCUT2D eigenvalue weighted by Gasteiger charge is -2.10. The van der Waals surface area contributed by atoms with Crippen LogP contribution in [0.5, 0.6) is 5.75 Å². The fraction of sp³-hybridized carbons (Fsp3) is 0. The van der Waals surface area contributed by atoms with Gasteiger partial charge in [0.15, 0.2) is 0 Å². The highest BCUT2D eigenvalue weighted by atomic mass is 79.9. The number of benzene rings is 2. The zero-order valence-corrected chi connectivity index (χ0v) is 12.6. The topological polar surface area (TPSA) is 66.4 Å². The molecule has 0 aliphatic carbocycles. The van der Waals surface area contributed by atoms with Crippen molar-refractivity contribution >= 4 is 43.2 Å². The molecule has 0 spiro atoms. The van der Waals surface area contributed by atoms with E-state index in [1.54, 1.807) is 18.2 Å². The van der Waals surface area contributed by atoms with E-state index in [0.29, 0.717) is 4.47 Å². The van der Waals surface area contributed by atoms with Gasteiger partial charge in [0.25, 0.3) is 10.0 Å². The highest BCUT2D eigenvalue weighted by Crippen LogP contribution is 2.28. The molecule has 0 amide bonds. The Morgan fingerprint density at radius 3 is 2.58 bits per heavy atom. The largest absolute Gasteiger partial charge is 0.508 e. The van der Waals surface area contributed by atoms with Crippen LogP contribution in [0.2, 0.25) is 5.02 Å². The molecule has 2 aromatic rings. The van der Waals surface area contributed by atoms with Gasteiger partial charge in [-0.05, 0) is 30.3 Å². The first-order valence-corrected chi connectivity index (χ1v) is 7.81. The van der Waals surface area contributed by atoms with Crippen LogP contribution in [0, 0.1) is 0 Å². The molecular formula is C12H9BrClNO3S. The Hall–Kier alpha value is -1.24. The number of halogens is 2. The van der Waals surface area contributed by atoms with E-state index in [2.05, 4.69) is 20.7 Å². The molecule has 0 aliphatic heterocycles. The number of nitrogens with one attached hydrogen (secondary N) is 1. The van der Waals surface area contributed by atoms with E-state index in [4.69, 9.17) is 11.6 Å². The molecule has 19 heavy (non-hydrogen) atoms. The molecule has 100 valence electrons. The number of rotatable bonds is 3. The molecular weight excluding hydrogens is 354 g/mol. The van der Waals surface area contributed by atoms with E-state index in [1.165, 1.54) is 18.2 Å². The third kappa shape index (κ3) is 3.40. The molecule has 4 nitrogen and oxygen atoms in total. The Balaban J connectivity index is 2.39. The Morgan fingerprint density at radius 1 is 1.16 bits per heavy atom. The van der Waals surface area contributed by atoms with Crippen molar-refractivity contribution in [2.75, 3.05) is 4.72 Å². The summed E-state index contributed by atoms with van der Waals surface area (Å²) in [4.78, 5) is -0.0384. The maximum absolute atomic E-state index is 12.1. The molecule has 0 unspecified atom stereocenters. The molecule has 7 heteroatoms. The maximum atomic E-state index is 12.1. The molecule has 0 saturated heterocycles. The van der Waals surface area contributed by atoms with Crippen LogP contribution in [-0.4, -0.2) is 13.5 Å². The van der Waals surface area contributed by atoms with Crippen molar-refractivity contribution in [1.29, 1.82) is 0 Å². The van der Waals surface area contributed by atoms with Crippen molar-refractivity contribution < 1.29 is 13.5 Å². The van der Waals surface area contributed by atoms with Crippen LogP contribution in [-0.2, 0) is 10.0 Å². The lowest BCUT2D eigenvalue weighted by molar-refractivity contribution is 0.473. The summed E-state index contributed by atoms with van der Waals surface area (Å²) in [5.41, 5.74) is 0.263. The minimum Gasteiger partial charge on any atom is -0.508 e. The minimum atomic E-state index is -3.79. The third-order valence-electron chi connectivity index (χ3n) is 2.30. The third-order valence-corrected chi connectivity index (χ3v) is 4.49. The smallest absolute Gasteiger partial charge is 0.262 e. The van der Waals surface area contributed by atoms with Crippen molar-refractivity contribution in [3.8, 4) is 5.75 Å². The van der Waals surface area contributed by atoms with Gasteiger partial charge in [-0.1, -0.05) is 33.6 Å². The number of sulfonamides is 1. The number of anilines is 1. The number of phenols is 1. The van der Waals surface area contributed by atoms with Crippen molar-refractivity contribution in [1.82, 2.24) is 0 Å². The Kier molecular flexibility index (Phi) is 4.03. The SMILES string of the molecule is O=S(=O)(Nc1cc(Br)ccc1Cl)c1cccc(O)c1. The summed E-state index contributed by atoms with van der Waals surface area (Å²) in [6.45, 7) is 0. The Labute approximate surface area is 124 Å². The van der Waals surface area contributed by atoms with Gasteiger partial charge in [0, 0.05) is 10.5 Å². The Bertz CT molecular complexity index is 719. The molecule has 0 radical (unpaired) electrons. The lowest BCUT2D eigenvalue weighted by Crippen LogP contribution is -2.13. The van der Waals surface area contributed by atoms with Gasteiger partial charge in [0.05, 0.1) is 15.6 Å². The number of hydrogen-bond donors (Lipinski definition) is 2. The summed E-state index contributed by atoms with van der Waals surface area (Å²) in [5.74, 6) is -0.122. The summed E-state index contributed by atoms with van der Waals surface area (Å²) >= 11 is 9.16. The summed E-state index contributed by atoms with van der Waals surface area (Å²) < 4.78 is 27.3. The average molecular weight is 363 g/mol. The van der Waals surface area contributed by atoms with Gasteiger partial charge in [0.1, 0.15) is 5.75 Å². The predicted molar refractivity (Wildman–Crippen MR) is 78.1 cm³/mol. The van der Waals surface area contributed by atoms with Crippen molar-refractivity contribution in [2.24, 2.45) is 0 Å². The Morgan fingerprint density at radius 2 is 1.89 bits per heavy atom. The van der Waals surface area contributed by atoms with Crippen LogP contribution in [0.4, 0.5) is 5.69 Å². The van der Waals surface area contributed by atoms with E-state index in [-0.39, 0.29) is 21.4 Å². The van der Waals surface area contributed by atoms with E-state index in [1.807, 2.05) is 0 Å². The molecule has 2 N–H and O–H groups in total. The van der Waals surface area contributed by atoms with E-state index >= 15 is 0 Å². The zero-order chi connectivity index (χ0) is 14.0. The maximum Gasteiger partial charge on any atom is 0.262 e. The molecule has 0 atom stereocenters. The average Bonchev–Trinajstić information content (AvgIpc) is 2.33. The summed E-state index contributed by atoms with van der Waals surface area (Å²) in [7, 11) is -3.79. The van der Waals surface area contributed by atoms with Crippen molar-refractivity contribution in [3.05, 3.63) is 52.0 Å². The predicted octanol–water partition coefficient (Wildman–Crippen LogP) is 3.61. The van der Waals surface area contributed by atoms with Gasteiger partial charge in [0.2, 0.25) is 0 Å². The molecule has 0 bridgehead atoms. The van der Waals surface area contributed by atoms with E-state index in [0.717, 1.165) is 6.07 Å². The number of aromatic hydroxyl groups is 1. The summed E-state index contributed by atoms with van der Waals surface area (Å²) in [6.07, 6.45) is 0. The van der Waals surface area contributed by atoms with Crippen molar-refractivity contribution in [2.45, 2.75) is 4.90 Å². The van der Waals surface area contributed by atoms with Gasteiger partial charge >= 0.3 is 0 Å². The van der Waals surface area contributed by atoms with Crippen LogP contribution < -0.4 is 4.72 Å². The van der Waals surface area contributed by atoms with Gasteiger partial charge in [-0.25, -0.2) is 8.42 Å². The van der Waals surface area contributed by atoms with Gasteiger partial charge < -0.3 is 5.11 Å². The monoisotopic (exact) mass is 361 g/mol. The van der Waals surface area contributed by atoms with E-state index < -0.39 is 10.0 Å². The lowest BCUT2D eigenvalue weighted by atomic mass is 10.3. The number of hydrogen-bond acceptors (Lipinski definition) is 3. The van der Waals surface area contributed by atoms with Crippen LogP contribution in [0.25, 0.3) is 0 Å². The molecule has 0 saturated carbocycles. The summed E-state index contributed by atoms with van der Waals surface area (Å²) in [5, 5.41) is 9.60. The highest BCUT2D eigenvalue weighted by molar-refractivity contribution is 9.10. The fourth-order valence-electron chi connectivity index (χ4n) is 1.43. The first-order valence-electron chi connectivity index (χ1n) is 5.15. The van der Waals surface area contributed by atoms with Crippen LogP contribution >= 0.6 is 27.5 Å². The van der Waals surface area contributed by atoms with Crippen LogP contribution in [0.3, 0.4) is 0 Å². The van der Waals surface area contributed by atoms with Crippen molar-refractivity contribution in [3.63, 3.8) is 0 Å². The summed E-state index contributed by atoms with van der Waals surface area (Å²) in [6, 6.07) is 10.2. The molecule has 2 aromatic carbocycles. The normalized spacial score (nSPS) is 11.3. The standard InChI is InChI=1S/C12H9BrClNO3S/c13-8-4-5-11(14)12(6-8)15-19(17,18)10-3-1-2-9(16)7-10/h1-7,15-16H. The molecule has 0 aromatic heterocycles. The molecule has 0 fully saturated rings. The minimum absolute atomic E-state index is 0.0384. The van der Waals surface area contributed by atoms with E-state index in [9.17, 15) is 13.5 Å². The molecule has 2 rings (SSSR count). The quantitative estimate of drug-likeness (QED) is 0.876. The van der Waals surface area contributed by atoms with Gasteiger partial charge in [-0.15, -0.1) is 0 Å². The molecule has 0 aliphatic rings. The fourth-order valence-corrected chi connectivity index (χ4v) is 3.12. The molecule has 0 heterocycles. The second-order valence-electron chi connectivity index (χ2n) is 3.73. The van der Waals surface area contributed by atoms with Gasteiger partial charge in [-0.2, -0.15) is 0 Å². The number of phenolic OH excluding ortho intramolecular Hbond substituents is 1.